The molecule has 0 radical (unpaired) electrons. The molecule has 0 aromatic rings. The number of rotatable bonds is 4. The van der Waals surface area contributed by atoms with Crippen LogP contribution < -0.4 is 5.32 Å². The Labute approximate surface area is 96.4 Å². The fraction of sp³-hybridized carbons (Fsp3) is 1.00. The van der Waals surface area contributed by atoms with Crippen molar-refractivity contribution in [3.8, 4) is 0 Å². The summed E-state index contributed by atoms with van der Waals surface area (Å²) >= 11 is 0. The molecule has 0 aromatic heterocycles. The van der Waals surface area contributed by atoms with Crippen molar-refractivity contribution in [1.82, 2.24) is 10.2 Å². The number of fused-ring (bicyclic) bond motifs is 1. The van der Waals surface area contributed by atoms with Gasteiger partial charge in [0.1, 0.15) is 0 Å². The Balaban J connectivity index is 2.12. The van der Waals surface area contributed by atoms with Crippen molar-refractivity contribution in [2.75, 3.05) is 19.6 Å². The number of hydrogen-bond acceptors (Lipinski definition) is 2. The fourth-order valence-corrected chi connectivity index (χ4v) is 3.23. The number of alkyl halides is 2. The van der Waals surface area contributed by atoms with E-state index in [9.17, 15) is 8.78 Å². The van der Waals surface area contributed by atoms with Gasteiger partial charge in [0.05, 0.1) is 5.54 Å². The summed E-state index contributed by atoms with van der Waals surface area (Å²) < 4.78 is 26.8. The van der Waals surface area contributed by atoms with Gasteiger partial charge in [0, 0.05) is 12.6 Å². The van der Waals surface area contributed by atoms with Crippen LogP contribution in [0.2, 0.25) is 0 Å². The number of hydrogen-bond donors (Lipinski definition) is 1. The molecule has 0 spiro atoms. The van der Waals surface area contributed by atoms with Gasteiger partial charge in [-0.15, -0.1) is 0 Å². The molecular formula is C12H22F2N2. The third-order valence-electron chi connectivity index (χ3n) is 4.11. The van der Waals surface area contributed by atoms with E-state index in [-0.39, 0.29) is 6.04 Å². The molecule has 0 aliphatic carbocycles. The van der Waals surface area contributed by atoms with Gasteiger partial charge < -0.3 is 5.32 Å². The molecule has 2 nitrogen and oxygen atoms in total. The predicted molar refractivity (Wildman–Crippen MR) is 60.9 cm³/mol. The second kappa shape index (κ2) is 4.96. The van der Waals surface area contributed by atoms with Crippen LogP contribution in [0.4, 0.5) is 8.78 Å². The topological polar surface area (TPSA) is 15.3 Å². The Morgan fingerprint density at radius 2 is 2.19 bits per heavy atom. The lowest BCUT2D eigenvalue weighted by Gasteiger charge is -2.41. The minimum absolute atomic E-state index is 0.0628. The first-order chi connectivity index (χ1) is 7.70. The van der Waals surface area contributed by atoms with Crippen molar-refractivity contribution < 1.29 is 8.78 Å². The van der Waals surface area contributed by atoms with E-state index in [1.807, 2.05) is 6.92 Å². The van der Waals surface area contributed by atoms with Crippen molar-refractivity contribution in [1.29, 1.82) is 0 Å². The molecule has 0 aromatic carbocycles. The summed E-state index contributed by atoms with van der Waals surface area (Å²) in [5.74, 6) is 0. The van der Waals surface area contributed by atoms with E-state index >= 15 is 0 Å². The molecule has 2 rings (SSSR count). The number of halogens is 2. The first-order valence-electron chi connectivity index (χ1n) is 6.48. The molecule has 0 bridgehead atoms. The molecule has 0 amide bonds. The van der Waals surface area contributed by atoms with Crippen LogP contribution >= 0.6 is 0 Å². The molecule has 2 aliphatic rings. The van der Waals surface area contributed by atoms with E-state index in [1.54, 1.807) is 0 Å². The van der Waals surface area contributed by atoms with E-state index in [0.29, 0.717) is 13.0 Å². The van der Waals surface area contributed by atoms with Crippen LogP contribution in [0.3, 0.4) is 0 Å². The largest absolute Gasteiger partial charge is 0.305 e. The summed E-state index contributed by atoms with van der Waals surface area (Å²) in [5.41, 5.74) is -0.920. The second-order valence-corrected chi connectivity index (χ2v) is 5.07. The molecule has 2 heterocycles. The lowest BCUT2D eigenvalue weighted by Crippen LogP contribution is -2.60. The van der Waals surface area contributed by atoms with Gasteiger partial charge in [-0.2, -0.15) is 0 Å². The second-order valence-electron chi connectivity index (χ2n) is 5.07. The van der Waals surface area contributed by atoms with Crippen molar-refractivity contribution in [3.63, 3.8) is 0 Å². The lowest BCUT2D eigenvalue weighted by atomic mass is 9.85. The highest BCUT2D eigenvalue weighted by Gasteiger charge is 2.53. The maximum absolute atomic E-state index is 13.4. The summed E-state index contributed by atoms with van der Waals surface area (Å²) in [4.78, 5) is 2.26. The Morgan fingerprint density at radius 1 is 1.38 bits per heavy atom. The Hall–Kier alpha value is -0.220. The first kappa shape index (κ1) is 12.2. The molecular weight excluding hydrogens is 210 g/mol. The van der Waals surface area contributed by atoms with Crippen LogP contribution in [0.5, 0.6) is 0 Å². The third-order valence-corrected chi connectivity index (χ3v) is 4.11. The maximum atomic E-state index is 13.4. The predicted octanol–water partition coefficient (Wildman–Crippen LogP) is 2.25. The molecule has 1 N–H and O–H groups in total. The number of nitrogens with zero attached hydrogens (tertiary/aromatic N) is 1. The summed E-state index contributed by atoms with van der Waals surface area (Å²) in [6.45, 7) is 4.58. The molecule has 2 aliphatic heterocycles. The van der Waals surface area contributed by atoms with Crippen LogP contribution in [-0.2, 0) is 0 Å². The Morgan fingerprint density at radius 3 is 2.88 bits per heavy atom. The standard InChI is InChI=1S/C12H22F2N2/c1-2-7-15-12(11(13)14)6-9-16-8-4-3-5-10(12)16/h10-11,15H,2-9H2,1H3. The van der Waals surface area contributed by atoms with Crippen LogP contribution in [0.1, 0.15) is 39.0 Å². The molecule has 2 saturated heterocycles. The summed E-state index contributed by atoms with van der Waals surface area (Å²) in [6, 6.07) is 0.0628. The lowest BCUT2D eigenvalue weighted by molar-refractivity contribution is -0.00242. The molecule has 16 heavy (non-hydrogen) atoms. The Bertz CT molecular complexity index is 235. The molecule has 94 valence electrons. The smallest absolute Gasteiger partial charge is 0.258 e. The van der Waals surface area contributed by atoms with Crippen molar-refractivity contribution in [2.45, 2.75) is 57.0 Å². The van der Waals surface area contributed by atoms with E-state index < -0.39 is 12.0 Å². The minimum atomic E-state index is -2.24. The molecule has 0 saturated carbocycles. The van der Waals surface area contributed by atoms with Gasteiger partial charge >= 0.3 is 0 Å². The average Bonchev–Trinajstić information content (AvgIpc) is 2.67. The summed E-state index contributed by atoms with van der Waals surface area (Å²) in [5, 5.41) is 3.15. The monoisotopic (exact) mass is 232 g/mol. The van der Waals surface area contributed by atoms with Crippen LogP contribution in [0.15, 0.2) is 0 Å². The molecule has 2 unspecified atom stereocenters. The van der Waals surface area contributed by atoms with Gasteiger partial charge in [0.25, 0.3) is 6.43 Å². The first-order valence-corrected chi connectivity index (χ1v) is 6.48. The van der Waals surface area contributed by atoms with Gasteiger partial charge in [-0.25, -0.2) is 8.78 Å². The molecule has 2 fully saturated rings. The van der Waals surface area contributed by atoms with Gasteiger partial charge in [0.15, 0.2) is 0 Å². The normalized spacial score (nSPS) is 35.6. The number of piperidine rings is 1. The molecule has 2 atom stereocenters. The zero-order chi connectivity index (χ0) is 11.6. The van der Waals surface area contributed by atoms with E-state index in [1.165, 1.54) is 6.42 Å². The minimum Gasteiger partial charge on any atom is -0.305 e. The zero-order valence-corrected chi connectivity index (χ0v) is 10.0. The fourth-order valence-electron chi connectivity index (χ4n) is 3.23. The highest BCUT2D eigenvalue weighted by atomic mass is 19.3. The summed E-state index contributed by atoms with van der Waals surface area (Å²) in [6.07, 6.45) is 2.48. The highest BCUT2D eigenvalue weighted by molar-refractivity contribution is 5.08. The average molecular weight is 232 g/mol. The van der Waals surface area contributed by atoms with E-state index in [2.05, 4.69) is 10.2 Å². The van der Waals surface area contributed by atoms with Crippen LogP contribution in [-0.4, -0.2) is 42.5 Å². The van der Waals surface area contributed by atoms with Crippen molar-refractivity contribution in [2.24, 2.45) is 0 Å². The highest BCUT2D eigenvalue weighted by Crippen LogP contribution is 2.39. The van der Waals surface area contributed by atoms with Gasteiger partial charge in [-0.05, 0) is 38.8 Å². The Kier molecular flexibility index (Phi) is 3.80. The third kappa shape index (κ3) is 1.97. The SMILES string of the molecule is CCCNC1(C(F)F)CCN2CCCCC21. The van der Waals surface area contributed by atoms with Crippen LogP contribution in [0, 0.1) is 0 Å². The quantitative estimate of drug-likeness (QED) is 0.799. The van der Waals surface area contributed by atoms with Crippen LogP contribution in [0.25, 0.3) is 0 Å². The van der Waals surface area contributed by atoms with Crippen molar-refractivity contribution >= 4 is 0 Å². The van der Waals surface area contributed by atoms with Crippen molar-refractivity contribution in [3.05, 3.63) is 0 Å². The van der Waals surface area contributed by atoms with Gasteiger partial charge in [0.2, 0.25) is 0 Å². The maximum Gasteiger partial charge on any atom is 0.258 e. The van der Waals surface area contributed by atoms with E-state index in [0.717, 1.165) is 32.4 Å². The number of nitrogens with one attached hydrogen (secondary N) is 1. The summed E-state index contributed by atoms with van der Waals surface area (Å²) in [7, 11) is 0. The van der Waals surface area contributed by atoms with Gasteiger partial charge in [-0.3, -0.25) is 4.90 Å². The zero-order valence-electron chi connectivity index (χ0n) is 10.0. The van der Waals surface area contributed by atoms with Gasteiger partial charge in [-0.1, -0.05) is 13.3 Å². The molecule has 4 heteroatoms. The van der Waals surface area contributed by atoms with E-state index in [4.69, 9.17) is 0 Å².